The number of nitrogens with one attached hydrogen (secondary N) is 1. The molecule has 0 unspecified atom stereocenters. The van der Waals surface area contributed by atoms with Gasteiger partial charge in [-0.3, -0.25) is 0 Å². The van der Waals surface area contributed by atoms with Gasteiger partial charge in [0.25, 0.3) is 0 Å². The van der Waals surface area contributed by atoms with Gasteiger partial charge in [-0.1, -0.05) is 11.6 Å². The second kappa shape index (κ2) is 6.29. The summed E-state index contributed by atoms with van der Waals surface area (Å²) in [5, 5.41) is 8.75. The minimum absolute atomic E-state index is 0. The molecule has 0 spiro atoms. The van der Waals surface area contributed by atoms with Gasteiger partial charge in [0, 0.05) is 12.1 Å². The molecular formula is C12H15Cl2N3O2S. The van der Waals surface area contributed by atoms with Crippen LogP contribution in [-0.4, -0.2) is 20.5 Å². The lowest BCUT2D eigenvalue weighted by Gasteiger charge is -2.38. The zero-order valence-corrected chi connectivity index (χ0v) is 13.0. The molecule has 2 rings (SSSR count). The molecule has 1 aromatic carbocycles. The highest BCUT2D eigenvalue weighted by atomic mass is 35.5. The van der Waals surface area contributed by atoms with Crippen molar-refractivity contribution in [2.75, 3.05) is 6.54 Å². The summed E-state index contributed by atoms with van der Waals surface area (Å²) in [6, 6.07) is 5.98. The fraction of sp³-hybridized carbons (Fsp3) is 0.417. The van der Waals surface area contributed by atoms with E-state index in [0.29, 0.717) is 5.56 Å². The molecule has 0 heterocycles. The van der Waals surface area contributed by atoms with Crippen molar-refractivity contribution in [1.82, 2.24) is 4.72 Å². The first-order valence-corrected chi connectivity index (χ1v) is 7.71. The highest BCUT2D eigenvalue weighted by molar-refractivity contribution is 7.89. The molecule has 1 saturated carbocycles. The predicted molar refractivity (Wildman–Crippen MR) is 79.4 cm³/mol. The van der Waals surface area contributed by atoms with Gasteiger partial charge in [-0.25, -0.2) is 13.1 Å². The van der Waals surface area contributed by atoms with Crippen LogP contribution in [0.3, 0.4) is 0 Å². The van der Waals surface area contributed by atoms with Crippen LogP contribution in [0.2, 0.25) is 5.02 Å². The van der Waals surface area contributed by atoms with Crippen LogP contribution in [0.1, 0.15) is 24.8 Å². The molecule has 0 atom stereocenters. The normalized spacial score (nSPS) is 16.6. The van der Waals surface area contributed by atoms with Crippen molar-refractivity contribution in [3.63, 3.8) is 0 Å². The molecule has 1 aliphatic carbocycles. The average Bonchev–Trinajstić information content (AvgIpc) is 2.33. The standard InChI is InChI=1S/C12H14ClN3O2S.ClH/c13-10-6-9(7-14)2-3-11(10)19(17,18)16-8-12(15)4-1-5-12;/h2-3,6,16H,1,4-5,8,15H2;1H. The van der Waals surface area contributed by atoms with Gasteiger partial charge in [0.15, 0.2) is 0 Å². The molecule has 0 radical (unpaired) electrons. The van der Waals surface area contributed by atoms with E-state index < -0.39 is 15.6 Å². The zero-order chi connectivity index (χ0) is 14.1. The summed E-state index contributed by atoms with van der Waals surface area (Å²) in [6.07, 6.45) is 2.66. The molecule has 0 aliphatic heterocycles. The highest BCUT2D eigenvalue weighted by Gasteiger charge is 2.34. The van der Waals surface area contributed by atoms with E-state index in [0.717, 1.165) is 19.3 Å². The quantitative estimate of drug-likeness (QED) is 0.876. The molecule has 1 fully saturated rings. The minimum atomic E-state index is -3.70. The third kappa shape index (κ3) is 3.62. The number of halogens is 2. The summed E-state index contributed by atoms with van der Waals surface area (Å²) in [5.74, 6) is 0. The molecule has 20 heavy (non-hydrogen) atoms. The number of hydrogen-bond donors (Lipinski definition) is 2. The molecule has 0 aromatic heterocycles. The van der Waals surface area contributed by atoms with Gasteiger partial charge in [-0.05, 0) is 37.5 Å². The summed E-state index contributed by atoms with van der Waals surface area (Å²) < 4.78 is 26.7. The molecule has 3 N–H and O–H groups in total. The fourth-order valence-corrected chi connectivity index (χ4v) is 3.59. The lowest BCUT2D eigenvalue weighted by Crippen LogP contribution is -2.54. The number of benzene rings is 1. The minimum Gasteiger partial charge on any atom is -0.324 e. The summed E-state index contributed by atoms with van der Waals surface area (Å²) >= 11 is 5.89. The highest BCUT2D eigenvalue weighted by Crippen LogP contribution is 2.29. The van der Waals surface area contributed by atoms with Crippen molar-refractivity contribution in [1.29, 1.82) is 5.26 Å². The van der Waals surface area contributed by atoms with Crippen LogP contribution in [0.25, 0.3) is 0 Å². The van der Waals surface area contributed by atoms with Crippen LogP contribution < -0.4 is 10.5 Å². The van der Waals surface area contributed by atoms with Gasteiger partial charge < -0.3 is 5.73 Å². The predicted octanol–water partition coefficient (Wildman–Crippen LogP) is 1.79. The van der Waals surface area contributed by atoms with E-state index in [9.17, 15) is 8.42 Å². The Labute approximate surface area is 129 Å². The fourth-order valence-electron chi connectivity index (χ4n) is 1.91. The van der Waals surface area contributed by atoms with Gasteiger partial charge in [0.2, 0.25) is 10.0 Å². The second-order valence-corrected chi connectivity index (χ2v) is 6.94. The first kappa shape index (κ1) is 17.2. The number of nitriles is 1. The lowest BCUT2D eigenvalue weighted by molar-refractivity contribution is 0.251. The average molecular weight is 336 g/mol. The molecule has 0 saturated heterocycles. The molecule has 110 valence electrons. The molecular weight excluding hydrogens is 321 g/mol. The number of nitrogens with zero attached hydrogens (tertiary/aromatic N) is 1. The summed E-state index contributed by atoms with van der Waals surface area (Å²) in [7, 11) is -3.70. The third-order valence-electron chi connectivity index (χ3n) is 3.31. The number of nitrogens with two attached hydrogens (primary N) is 1. The molecule has 0 bridgehead atoms. The van der Waals surface area contributed by atoms with Crippen molar-refractivity contribution in [2.24, 2.45) is 5.73 Å². The van der Waals surface area contributed by atoms with E-state index in [2.05, 4.69) is 4.72 Å². The van der Waals surface area contributed by atoms with E-state index in [1.165, 1.54) is 18.2 Å². The first-order valence-electron chi connectivity index (χ1n) is 5.85. The Morgan fingerprint density at radius 2 is 2.10 bits per heavy atom. The van der Waals surface area contributed by atoms with Crippen LogP contribution in [0.15, 0.2) is 23.1 Å². The Balaban J connectivity index is 0.00000200. The number of sulfonamides is 1. The maximum Gasteiger partial charge on any atom is 0.242 e. The Bertz CT molecular complexity index is 637. The van der Waals surface area contributed by atoms with Gasteiger partial charge in [-0.2, -0.15) is 5.26 Å². The van der Waals surface area contributed by atoms with Gasteiger partial charge in [-0.15, -0.1) is 12.4 Å². The Kier molecular flexibility index (Phi) is 5.41. The monoisotopic (exact) mass is 335 g/mol. The van der Waals surface area contributed by atoms with E-state index in [4.69, 9.17) is 22.6 Å². The van der Waals surface area contributed by atoms with Crippen molar-refractivity contribution >= 4 is 34.0 Å². The maximum atomic E-state index is 12.1. The van der Waals surface area contributed by atoms with Crippen molar-refractivity contribution < 1.29 is 8.42 Å². The van der Waals surface area contributed by atoms with Crippen LogP contribution in [0.5, 0.6) is 0 Å². The Morgan fingerprint density at radius 3 is 2.55 bits per heavy atom. The van der Waals surface area contributed by atoms with Gasteiger partial charge >= 0.3 is 0 Å². The first-order chi connectivity index (χ1) is 8.86. The topological polar surface area (TPSA) is 96.0 Å². The van der Waals surface area contributed by atoms with Crippen LogP contribution >= 0.6 is 24.0 Å². The molecule has 1 aliphatic rings. The van der Waals surface area contributed by atoms with Crippen LogP contribution in [0.4, 0.5) is 0 Å². The van der Waals surface area contributed by atoms with E-state index >= 15 is 0 Å². The zero-order valence-electron chi connectivity index (χ0n) is 10.6. The summed E-state index contributed by atoms with van der Waals surface area (Å²) in [4.78, 5) is -0.0314. The third-order valence-corrected chi connectivity index (χ3v) is 5.20. The van der Waals surface area contributed by atoms with Crippen molar-refractivity contribution in [2.45, 2.75) is 29.7 Å². The van der Waals surface area contributed by atoms with E-state index in [1.54, 1.807) is 0 Å². The van der Waals surface area contributed by atoms with Crippen LogP contribution in [0, 0.1) is 11.3 Å². The lowest BCUT2D eigenvalue weighted by atomic mass is 9.78. The molecule has 8 heteroatoms. The van der Waals surface area contributed by atoms with Crippen LogP contribution in [-0.2, 0) is 10.0 Å². The summed E-state index contributed by atoms with van der Waals surface area (Å²) in [6.45, 7) is 0.200. The smallest absolute Gasteiger partial charge is 0.242 e. The second-order valence-electron chi connectivity index (χ2n) is 4.80. The van der Waals surface area contributed by atoms with E-state index in [1.807, 2.05) is 6.07 Å². The maximum absolute atomic E-state index is 12.1. The number of hydrogen-bond acceptors (Lipinski definition) is 4. The van der Waals surface area contributed by atoms with E-state index in [-0.39, 0.29) is 28.9 Å². The summed E-state index contributed by atoms with van der Waals surface area (Å²) in [5.41, 5.74) is 5.85. The SMILES string of the molecule is Cl.N#Cc1ccc(S(=O)(=O)NCC2(N)CCC2)c(Cl)c1. The van der Waals surface area contributed by atoms with Gasteiger partial charge in [0.05, 0.1) is 16.7 Å². The number of rotatable bonds is 4. The van der Waals surface area contributed by atoms with Crippen molar-refractivity contribution in [3.8, 4) is 6.07 Å². The van der Waals surface area contributed by atoms with Gasteiger partial charge in [0.1, 0.15) is 4.90 Å². The largest absolute Gasteiger partial charge is 0.324 e. The molecule has 0 amide bonds. The van der Waals surface area contributed by atoms with Crippen molar-refractivity contribution in [3.05, 3.63) is 28.8 Å². The molecule has 1 aromatic rings. The Morgan fingerprint density at radius 1 is 1.45 bits per heavy atom. The molecule has 5 nitrogen and oxygen atoms in total. The Hall–Kier alpha value is -0.840.